The summed E-state index contributed by atoms with van der Waals surface area (Å²) >= 11 is 0. The summed E-state index contributed by atoms with van der Waals surface area (Å²) in [5, 5.41) is 0. The number of ether oxygens (including phenoxy) is 2. The van der Waals surface area contributed by atoms with E-state index in [9.17, 15) is 8.42 Å². The van der Waals surface area contributed by atoms with E-state index in [4.69, 9.17) is 9.47 Å². The highest BCUT2D eigenvalue weighted by atomic mass is 32.2. The zero-order chi connectivity index (χ0) is 10.4. The molecule has 14 heavy (non-hydrogen) atoms. The average Bonchev–Trinajstić information content (AvgIpc) is 2.13. The van der Waals surface area contributed by atoms with Gasteiger partial charge >= 0.3 is 0 Å². The highest BCUT2D eigenvalue weighted by molar-refractivity contribution is 7.88. The predicted molar refractivity (Wildman–Crippen MR) is 52.4 cm³/mol. The number of hydrogen-bond acceptors (Lipinski definition) is 4. The largest absolute Gasteiger partial charge is 0.353 e. The van der Waals surface area contributed by atoms with Crippen molar-refractivity contribution in [1.29, 1.82) is 0 Å². The summed E-state index contributed by atoms with van der Waals surface area (Å²) in [6.45, 7) is 1.40. The van der Waals surface area contributed by atoms with Crippen LogP contribution >= 0.6 is 0 Å². The second-order valence-electron chi connectivity index (χ2n) is 3.33. The van der Waals surface area contributed by atoms with Crippen LogP contribution < -0.4 is 4.72 Å². The van der Waals surface area contributed by atoms with E-state index in [1.165, 1.54) is 0 Å². The SMILES string of the molecule is CS(=O)(=O)NCCOC1CCCCO1. The molecule has 0 aliphatic carbocycles. The van der Waals surface area contributed by atoms with Crippen molar-refractivity contribution in [2.75, 3.05) is 26.0 Å². The average molecular weight is 223 g/mol. The van der Waals surface area contributed by atoms with Crippen LogP contribution in [0, 0.1) is 0 Å². The minimum Gasteiger partial charge on any atom is -0.353 e. The first-order valence-corrected chi connectivity index (χ1v) is 6.65. The summed E-state index contributed by atoms with van der Waals surface area (Å²) in [5.41, 5.74) is 0. The monoisotopic (exact) mass is 223 g/mol. The Labute approximate surface area is 84.8 Å². The van der Waals surface area contributed by atoms with Crippen LogP contribution in [0.25, 0.3) is 0 Å². The van der Waals surface area contributed by atoms with Crippen molar-refractivity contribution in [2.45, 2.75) is 25.6 Å². The van der Waals surface area contributed by atoms with E-state index in [0.717, 1.165) is 32.1 Å². The summed E-state index contributed by atoms with van der Waals surface area (Å²) in [4.78, 5) is 0. The van der Waals surface area contributed by atoms with E-state index >= 15 is 0 Å². The van der Waals surface area contributed by atoms with Gasteiger partial charge in [0.25, 0.3) is 0 Å². The summed E-state index contributed by atoms with van der Waals surface area (Å²) < 4.78 is 34.4. The zero-order valence-corrected chi connectivity index (χ0v) is 9.18. The van der Waals surface area contributed by atoms with Crippen LogP contribution in [0.2, 0.25) is 0 Å². The first-order chi connectivity index (χ1) is 6.58. The number of nitrogens with one attached hydrogen (secondary N) is 1. The molecule has 0 radical (unpaired) electrons. The van der Waals surface area contributed by atoms with E-state index in [1.807, 2.05) is 0 Å². The van der Waals surface area contributed by atoms with Crippen molar-refractivity contribution in [3.8, 4) is 0 Å². The normalized spacial score (nSPS) is 23.6. The highest BCUT2D eigenvalue weighted by Gasteiger charge is 2.13. The lowest BCUT2D eigenvalue weighted by atomic mass is 10.2. The van der Waals surface area contributed by atoms with Crippen molar-refractivity contribution >= 4 is 10.0 Å². The van der Waals surface area contributed by atoms with Crippen molar-refractivity contribution in [2.24, 2.45) is 0 Å². The van der Waals surface area contributed by atoms with E-state index in [1.54, 1.807) is 0 Å². The van der Waals surface area contributed by atoms with Crippen LogP contribution in [0.3, 0.4) is 0 Å². The molecule has 1 aliphatic rings. The van der Waals surface area contributed by atoms with Gasteiger partial charge in [0.15, 0.2) is 6.29 Å². The minimum absolute atomic E-state index is 0.148. The Balaban J connectivity index is 2.03. The van der Waals surface area contributed by atoms with Crippen LogP contribution in [-0.2, 0) is 19.5 Å². The maximum Gasteiger partial charge on any atom is 0.208 e. The first-order valence-electron chi connectivity index (χ1n) is 4.76. The Bertz CT molecular complexity index is 246. The van der Waals surface area contributed by atoms with Gasteiger partial charge in [-0.3, -0.25) is 0 Å². The van der Waals surface area contributed by atoms with Gasteiger partial charge in [0.1, 0.15) is 0 Å². The molecule has 6 heteroatoms. The van der Waals surface area contributed by atoms with Gasteiger partial charge in [0, 0.05) is 13.2 Å². The molecular weight excluding hydrogens is 206 g/mol. The lowest BCUT2D eigenvalue weighted by molar-refractivity contribution is -0.160. The maximum atomic E-state index is 10.7. The van der Waals surface area contributed by atoms with Gasteiger partial charge in [-0.15, -0.1) is 0 Å². The van der Waals surface area contributed by atoms with Crippen molar-refractivity contribution < 1.29 is 17.9 Å². The number of rotatable bonds is 5. The minimum atomic E-state index is -3.10. The van der Waals surface area contributed by atoms with Crippen LogP contribution in [0.15, 0.2) is 0 Å². The second kappa shape index (κ2) is 5.65. The van der Waals surface area contributed by atoms with Gasteiger partial charge < -0.3 is 9.47 Å². The molecule has 1 atom stereocenters. The summed E-state index contributed by atoms with van der Waals surface area (Å²) in [6.07, 6.45) is 4.08. The zero-order valence-electron chi connectivity index (χ0n) is 8.36. The van der Waals surface area contributed by atoms with E-state index in [0.29, 0.717) is 13.2 Å². The quantitative estimate of drug-likeness (QED) is 0.670. The summed E-state index contributed by atoms with van der Waals surface area (Å²) in [6, 6.07) is 0. The van der Waals surface area contributed by atoms with Gasteiger partial charge in [-0.25, -0.2) is 13.1 Å². The molecule has 0 bridgehead atoms. The molecule has 1 rings (SSSR count). The third-order valence-electron chi connectivity index (χ3n) is 1.91. The highest BCUT2D eigenvalue weighted by Crippen LogP contribution is 2.12. The lowest BCUT2D eigenvalue weighted by Crippen LogP contribution is -2.29. The molecule has 1 unspecified atom stereocenters. The number of sulfonamides is 1. The summed E-state index contributed by atoms with van der Waals surface area (Å²) in [7, 11) is -3.10. The molecule has 0 aromatic rings. The molecule has 0 saturated carbocycles. The third-order valence-corrected chi connectivity index (χ3v) is 2.64. The van der Waals surface area contributed by atoms with Gasteiger partial charge in [-0.1, -0.05) is 0 Å². The molecule has 0 spiro atoms. The van der Waals surface area contributed by atoms with Crippen molar-refractivity contribution in [3.05, 3.63) is 0 Å². The lowest BCUT2D eigenvalue weighted by Gasteiger charge is -2.22. The molecule has 1 fully saturated rings. The van der Waals surface area contributed by atoms with E-state index < -0.39 is 10.0 Å². The third kappa shape index (κ3) is 5.54. The van der Waals surface area contributed by atoms with Crippen LogP contribution in [-0.4, -0.2) is 40.7 Å². The Kier molecular flexibility index (Phi) is 4.80. The molecule has 1 saturated heterocycles. The van der Waals surface area contributed by atoms with Crippen LogP contribution in [0.5, 0.6) is 0 Å². The molecule has 1 N–H and O–H groups in total. The van der Waals surface area contributed by atoms with Crippen molar-refractivity contribution in [3.63, 3.8) is 0 Å². The predicted octanol–water partition coefficient (Wildman–Crippen LogP) is 0.0788. The van der Waals surface area contributed by atoms with Crippen LogP contribution in [0.4, 0.5) is 0 Å². The number of hydrogen-bond donors (Lipinski definition) is 1. The topological polar surface area (TPSA) is 64.6 Å². The van der Waals surface area contributed by atoms with E-state index in [2.05, 4.69) is 4.72 Å². The molecule has 5 nitrogen and oxygen atoms in total. The van der Waals surface area contributed by atoms with Crippen LogP contribution in [0.1, 0.15) is 19.3 Å². The molecule has 0 amide bonds. The van der Waals surface area contributed by atoms with Gasteiger partial charge in [-0.05, 0) is 19.3 Å². The second-order valence-corrected chi connectivity index (χ2v) is 5.17. The molecule has 1 aliphatic heterocycles. The van der Waals surface area contributed by atoms with Crippen molar-refractivity contribution in [1.82, 2.24) is 4.72 Å². The van der Waals surface area contributed by atoms with Gasteiger partial charge in [0.2, 0.25) is 10.0 Å². The molecular formula is C8H17NO4S. The molecule has 84 valence electrons. The molecule has 0 aromatic heterocycles. The Hall–Kier alpha value is -0.170. The smallest absolute Gasteiger partial charge is 0.208 e. The standard InChI is InChI=1S/C8H17NO4S/c1-14(10,11)9-5-7-13-8-4-2-3-6-12-8/h8-9H,2-7H2,1H3. The molecule has 0 aromatic carbocycles. The van der Waals surface area contributed by atoms with E-state index in [-0.39, 0.29) is 6.29 Å². The molecule has 1 heterocycles. The first kappa shape index (κ1) is 11.9. The van der Waals surface area contributed by atoms with Gasteiger partial charge in [0.05, 0.1) is 12.9 Å². The summed E-state index contributed by atoms with van der Waals surface area (Å²) in [5.74, 6) is 0. The fourth-order valence-electron chi connectivity index (χ4n) is 1.26. The maximum absolute atomic E-state index is 10.7. The Morgan fingerprint density at radius 1 is 1.50 bits per heavy atom. The fourth-order valence-corrected chi connectivity index (χ4v) is 1.71. The Morgan fingerprint density at radius 2 is 2.29 bits per heavy atom. The Morgan fingerprint density at radius 3 is 2.86 bits per heavy atom. The fraction of sp³-hybridized carbons (Fsp3) is 1.00. The van der Waals surface area contributed by atoms with Gasteiger partial charge in [-0.2, -0.15) is 0 Å².